The van der Waals surface area contributed by atoms with Crippen molar-refractivity contribution < 1.29 is 9.47 Å². The molecule has 0 heterocycles. The van der Waals surface area contributed by atoms with Crippen LogP contribution in [-0.4, -0.2) is 26.4 Å². The molecule has 0 rings (SSSR count). The highest BCUT2D eigenvalue weighted by Gasteiger charge is 2.08. The lowest BCUT2D eigenvalue weighted by Gasteiger charge is -2.17. The second kappa shape index (κ2) is 8.76. The smallest absolute Gasteiger partial charge is 0.0700 e. The predicted molar refractivity (Wildman–Crippen MR) is 63.8 cm³/mol. The Morgan fingerprint density at radius 1 is 1.00 bits per heavy atom. The fourth-order valence-corrected chi connectivity index (χ4v) is 0.977. The Morgan fingerprint density at radius 3 is 2.13 bits per heavy atom. The first-order valence-electron chi connectivity index (χ1n) is 5.65. The van der Waals surface area contributed by atoms with Crippen molar-refractivity contribution in [2.45, 2.75) is 40.0 Å². The van der Waals surface area contributed by atoms with Crippen molar-refractivity contribution in [3.8, 4) is 12.3 Å². The van der Waals surface area contributed by atoms with Gasteiger partial charge in [-0.05, 0) is 18.3 Å². The molecule has 88 valence electrons. The zero-order valence-electron chi connectivity index (χ0n) is 10.3. The Balaban J connectivity index is 3.03. The summed E-state index contributed by atoms with van der Waals surface area (Å²) in [5, 5.41) is 0. The van der Waals surface area contributed by atoms with E-state index in [2.05, 4.69) is 26.7 Å². The zero-order valence-corrected chi connectivity index (χ0v) is 10.3. The number of ether oxygens (including phenoxy) is 2. The minimum atomic E-state index is 0.355. The summed E-state index contributed by atoms with van der Waals surface area (Å²) < 4.78 is 10.8. The summed E-state index contributed by atoms with van der Waals surface area (Å²) in [5.74, 6) is 2.58. The molecule has 0 N–H and O–H groups in total. The minimum Gasteiger partial charge on any atom is -0.379 e. The Bertz CT molecular complexity index is 174. The molecule has 0 aromatic carbocycles. The third-order valence-corrected chi connectivity index (χ3v) is 1.98. The highest BCUT2D eigenvalue weighted by molar-refractivity contribution is 4.82. The lowest BCUT2D eigenvalue weighted by atomic mass is 9.93. The average Bonchev–Trinajstić information content (AvgIpc) is 2.14. The van der Waals surface area contributed by atoms with Gasteiger partial charge in [0.2, 0.25) is 0 Å². The molecule has 15 heavy (non-hydrogen) atoms. The molecular formula is C13H24O2. The average molecular weight is 212 g/mol. The Hall–Kier alpha value is -0.520. The van der Waals surface area contributed by atoms with Crippen molar-refractivity contribution >= 4 is 0 Å². The molecule has 0 aliphatic heterocycles. The van der Waals surface area contributed by atoms with E-state index in [1.807, 2.05) is 0 Å². The van der Waals surface area contributed by atoms with Crippen LogP contribution in [0, 0.1) is 17.8 Å². The van der Waals surface area contributed by atoms with Crippen LogP contribution in [0.1, 0.15) is 40.0 Å². The van der Waals surface area contributed by atoms with E-state index in [4.69, 9.17) is 15.9 Å². The fraction of sp³-hybridized carbons (Fsp3) is 0.846. The standard InChI is InChI=1S/C13H24O2/c1-5-6-7-9-14-11-12-15-10-8-13(2,3)4/h1H,6-12H2,2-4H3. The Kier molecular flexibility index (Phi) is 8.46. The molecule has 0 aromatic heterocycles. The first kappa shape index (κ1) is 14.5. The van der Waals surface area contributed by atoms with E-state index in [1.165, 1.54) is 0 Å². The van der Waals surface area contributed by atoms with Crippen LogP contribution in [-0.2, 0) is 9.47 Å². The highest BCUT2D eigenvalue weighted by atomic mass is 16.5. The Labute approximate surface area is 94.3 Å². The third-order valence-electron chi connectivity index (χ3n) is 1.98. The van der Waals surface area contributed by atoms with E-state index < -0.39 is 0 Å². The predicted octanol–water partition coefficient (Wildman–Crippen LogP) is 2.87. The summed E-state index contributed by atoms with van der Waals surface area (Å²) in [5.41, 5.74) is 0.355. The van der Waals surface area contributed by atoms with E-state index in [-0.39, 0.29) is 0 Å². The van der Waals surface area contributed by atoms with Crippen LogP contribution in [0.5, 0.6) is 0 Å². The van der Waals surface area contributed by atoms with Crippen LogP contribution in [0.15, 0.2) is 0 Å². The van der Waals surface area contributed by atoms with Crippen LogP contribution >= 0.6 is 0 Å². The summed E-state index contributed by atoms with van der Waals surface area (Å²) in [7, 11) is 0. The van der Waals surface area contributed by atoms with E-state index in [1.54, 1.807) is 0 Å². The number of hydrogen-bond acceptors (Lipinski definition) is 2. The van der Waals surface area contributed by atoms with E-state index in [0.717, 1.165) is 32.5 Å². The van der Waals surface area contributed by atoms with Gasteiger partial charge in [0, 0.05) is 19.6 Å². The van der Waals surface area contributed by atoms with Crippen LogP contribution in [0.3, 0.4) is 0 Å². The van der Waals surface area contributed by atoms with Crippen molar-refractivity contribution in [2.24, 2.45) is 5.41 Å². The van der Waals surface area contributed by atoms with Gasteiger partial charge in [-0.15, -0.1) is 12.3 Å². The number of unbranched alkanes of at least 4 members (excludes halogenated alkanes) is 1. The SMILES string of the molecule is C#CCCCOCCOCCC(C)(C)C. The fourth-order valence-electron chi connectivity index (χ4n) is 0.977. The topological polar surface area (TPSA) is 18.5 Å². The van der Waals surface area contributed by atoms with Gasteiger partial charge in [-0.1, -0.05) is 20.8 Å². The van der Waals surface area contributed by atoms with Gasteiger partial charge in [0.25, 0.3) is 0 Å². The molecule has 0 saturated carbocycles. The molecule has 0 radical (unpaired) electrons. The molecule has 0 amide bonds. The van der Waals surface area contributed by atoms with Gasteiger partial charge in [0.15, 0.2) is 0 Å². The largest absolute Gasteiger partial charge is 0.379 e. The number of terminal acetylenes is 1. The van der Waals surface area contributed by atoms with Gasteiger partial charge in [-0.3, -0.25) is 0 Å². The molecule has 0 unspecified atom stereocenters. The van der Waals surface area contributed by atoms with Gasteiger partial charge >= 0.3 is 0 Å². The summed E-state index contributed by atoms with van der Waals surface area (Å²) in [6.45, 7) is 9.57. The minimum absolute atomic E-state index is 0.355. The molecule has 0 saturated heterocycles. The quantitative estimate of drug-likeness (QED) is 0.455. The maximum Gasteiger partial charge on any atom is 0.0700 e. The number of rotatable bonds is 8. The van der Waals surface area contributed by atoms with E-state index in [9.17, 15) is 0 Å². The molecule has 0 spiro atoms. The maximum atomic E-state index is 5.45. The molecular weight excluding hydrogens is 188 g/mol. The molecule has 0 fully saturated rings. The maximum absolute atomic E-state index is 5.45. The lowest BCUT2D eigenvalue weighted by molar-refractivity contribution is 0.0383. The van der Waals surface area contributed by atoms with E-state index >= 15 is 0 Å². The normalized spacial score (nSPS) is 11.3. The molecule has 0 atom stereocenters. The summed E-state index contributed by atoms with van der Waals surface area (Å²) in [4.78, 5) is 0. The van der Waals surface area contributed by atoms with Crippen molar-refractivity contribution in [2.75, 3.05) is 26.4 Å². The van der Waals surface area contributed by atoms with Crippen LogP contribution in [0.25, 0.3) is 0 Å². The van der Waals surface area contributed by atoms with Crippen molar-refractivity contribution in [3.63, 3.8) is 0 Å². The molecule has 2 nitrogen and oxygen atoms in total. The zero-order chi connectivity index (χ0) is 11.6. The van der Waals surface area contributed by atoms with Gasteiger partial charge in [-0.25, -0.2) is 0 Å². The first-order chi connectivity index (χ1) is 7.06. The summed E-state index contributed by atoms with van der Waals surface area (Å²) in [6.07, 6.45) is 7.95. The monoisotopic (exact) mass is 212 g/mol. The van der Waals surface area contributed by atoms with Gasteiger partial charge in [0.1, 0.15) is 0 Å². The van der Waals surface area contributed by atoms with Gasteiger partial charge in [0.05, 0.1) is 13.2 Å². The van der Waals surface area contributed by atoms with Crippen molar-refractivity contribution in [1.82, 2.24) is 0 Å². The van der Waals surface area contributed by atoms with Crippen molar-refractivity contribution in [1.29, 1.82) is 0 Å². The van der Waals surface area contributed by atoms with Gasteiger partial charge < -0.3 is 9.47 Å². The van der Waals surface area contributed by atoms with Crippen molar-refractivity contribution in [3.05, 3.63) is 0 Å². The summed E-state index contributed by atoms with van der Waals surface area (Å²) >= 11 is 0. The second-order valence-corrected chi connectivity index (χ2v) is 4.84. The van der Waals surface area contributed by atoms with E-state index in [0.29, 0.717) is 18.6 Å². The van der Waals surface area contributed by atoms with Crippen LogP contribution in [0.2, 0.25) is 0 Å². The Morgan fingerprint density at radius 2 is 1.60 bits per heavy atom. The van der Waals surface area contributed by atoms with Gasteiger partial charge in [-0.2, -0.15) is 0 Å². The van der Waals surface area contributed by atoms with Crippen LogP contribution < -0.4 is 0 Å². The molecule has 0 bridgehead atoms. The van der Waals surface area contributed by atoms with Crippen LogP contribution in [0.4, 0.5) is 0 Å². The molecule has 0 aromatic rings. The number of hydrogen-bond donors (Lipinski definition) is 0. The second-order valence-electron chi connectivity index (χ2n) is 4.84. The third kappa shape index (κ3) is 13.5. The highest BCUT2D eigenvalue weighted by Crippen LogP contribution is 2.17. The molecule has 2 heteroatoms. The summed E-state index contributed by atoms with van der Waals surface area (Å²) in [6, 6.07) is 0. The molecule has 0 aliphatic carbocycles. The molecule has 0 aliphatic rings. The lowest BCUT2D eigenvalue weighted by Crippen LogP contribution is -2.12. The first-order valence-corrected chi connectivity index (χ1v) is 5.65.